The van der Waals surface area contributed by atoms with Crippen LogP contribution in [-0.4, -0.2) is 12.9 Å². The number of halogens is 2. The molecule has 2 rings (SSSR count). The van der Waals surface area contributed by atoms with Gasteiger partial charge in [-0.1, -0.05) is 23.7 Å². The van der Waals surface area contributed by atoms with Crippen molar-refractivity contribution in [1.29, 1.82) is 0 Å². The Balaban J connectivity index is 2.28. The Morgan fingerprint density at radius 2 is 2.05 bits per heavy atom. The van der Waals surface area contributed by atoms with E-state index in [2.05, 4.69) is 0 Å². The van der Waals surface area contributed by atoms with Crippen molar-refractivity contribution in [3.8, 4) is 5.75 Å². The number of ether oxygens (including phenoxy) is 1. The van der Waals surface area contributed by atoms with E-state index in [4.69, 9.17) is 16.3 Å². The molecule has 4 heteroatoms. The van der Waals surface area contributed by atoms with Gasteiger partial charge in [0.1, 0.15) is 0 Å². The molecule has 0 bridgehead atoms. The second-order valence-corrected chi connectivity index (χ2v) is 4.93. The van der Waals surface area contributed by atoms with Crippen molar-refractivity contribution in [3.63, 3.8) is 0 Å². The number of aryl methyl sites for hydroxylation is 1. The molecule has 0 N–H and O–H groups in total. The monoisotopic (exact) mass is 292 g/mol. The summed E-state index contributed by atoms with van der Waals surface area (Å²) in [6, 6.07) is 9.82. The zero-order valence-corrected chi connectivity index (χ0v) is 12.0. The Kier molecular flexibility index (Phi) is 4.40. The average molecular weight is 293 g/mol. The van der Waals surface area contributed by atoms with Crippen LogP contribution < -0.4 is 4.74 Å². The lowest BCUT2D eigenvalue weighted by Crippen LogP contribution is -2.07. The van der Waals surface area contributed by atoms with Crippen LogP contribution in [0.5, 0.6) is 5.75 Å². The molecular formula is C16H14ClFO2. The summed E-state index contributed by atoms with van der Waals surface area (Å²) >= 11 is 5.86. The third-order valence-corrected chi connectivity index (χ3v) is 3.34. The molecule has 0 saturated carbocycles. The zero-order chi connectivity index (χ0) is 14.7. The van der Waals surface area contributed by atoms with Crippen LogP contribution in [0.2, 0.25) is 5.02 Å². The first-order chi connectivity index (χ1) is 9.52. The molecule has 0 unspecified atom stereocenters. The highest BCUT2D eigenvalue weighted by molar-refractivity contribution is 6.30. The number of hydrogen-bond donors (Lipinski definition) is 0. The predicted octanol–water partition coefficient (Wildman–Crippen LogP) is 4.22. The molecule has 0 atom stereocenters. The van der Waals surface area contributed by atoms with Crippen molar-refractivity contribution in [1.82, 2.24) is 0 Å². The first kappa shape index (κ1) is 14.5. The van der Waals surface area contributed by atoms with E-state index in [9.17, 15) is 9.18 Å². The van der Waals surface area contributed by atoms with Gasteiger partial charge in [0.05, 0.1) is 7.11 Å². The molecule has 0 aliphatic heterocycles. The quantitative estimate of drug-likeness (QED) is 0.789. The lowest BCUT2D eigenvalue weighted by molar-refractivity contribution is 0.0991. The molecule has 0 aliphatic carbocycles. The number of benzene rings is 2. The number of ketones is 1. The Morgan fingerprint density at radius 1 is 1.30 bits per heavy atom. The normalized spacial score (nSPS) is 10.4. The maximum absolute atomic E-state index is 14.0. The summed E-state index contributed by atoms with van der Waals surface area (Å²) in [7, 11) is 1.40. The molecule has 0 fully saturated rings. The van der Waals surface area contributed by atoms with Gasteiger partial charge in [-0.2, -0.15) is 0 Å². The van der Waals surface area contributed by atoms with Crippen LogP contribution in [0.1, 0.15) is 21.5 Å². The second kappa shape index (κ2) is 6.06. The zero-order valence-electron chi connectivity index (χ0n) is 11.2. The number of carbonyl (C=O) groups excluding carboxylic acids is 1. The molecule has 0 radical (unpaired) electrons. The fourth-order valence-electron chi connectivity index (χ4n) is 2.06. The van der Waals surface area contributed by atoms with Gasteiger partial charge >= 0.3 is 0 Å². The van der Waals surface area contributed by atoms with E-state index < -0.39 is 5.82 Å². The topological polar surface area (TPSA) is 26.3 Å². The fourth-order valence-corrected chi connectivity index (χ4v) is 2.29. The molecule has 20 heavy (non-hydrogen) atoms. The molecular weight excluding hydrogens is 279 g/mol. The second-order valence-electron chi connectivity index (χ2n) is 4.49. The molecule has 0 aliphatic rings. The molecule has 2 aromatic carbocycles. The summed E-state index contributed by atoms with van der Waals surface area (Å²) in [6.07, 6.45) is -0.00843. The van der Waals surface area contributed by atoms with E-state index in [-0.39, 0.29) is 18.0 Å². The number of rotatable bonds is 4. The Bertz CT molecular complexity index is 653. The van der Waals surface area contributed by atoms with Gasteiger partial charge in [-0.05, 0) is 42.3 Å². The van der Waals surface area contributed by atoms with Gasteiger partial charge in [-0.15, -0.1) is 0 Å². The minimum Gasteiger partial charge on any atom is -0.494 e. The van der Waals surface area contributed by atoms with E-state index >= 15 is 0 Å². The van der Waals surface area contributed by atoms with Crippen LogP contribution in [0.15, 0.2) is 36.4 Å². The van der Waals surface area contributed by atoms with Crippen molar-refractivity contribution >= 4 is 17.4 Å². The predicted molar refractivity (Wildman–Crippen MR) is 77.2 cm³/mol. The largest absolute Gasteiger partial charge is 0.494 e. The van der Waals surface area contributed by atoms with E-state index in [1.54, 1.807) is 37.3 Å². The van der Waals surface area contributed by atoms with Gasteiger partial charge in [-0.3, -0.25) is 4.79 Å². The highest BCUT2D eigenvalue weighted by Gasteiger charge is 2.15. The number of Topliss-reactive ketones (excluding diaryl/α,β-unsaturated/α-hetero) is 1. The molecule has 2 aromatic rings. The Hall–Kier alpha value is -1.87. The molecule has 2 nitrogen and oxygen atoms in total. The Morgan fingerprint density at radius 3 is 2.70 bits per heavy atom. The molecule has 0 aromatic heterocycles. The summed E-state index contributed by atoms with van der Waals surface area (Å²) in [5.74, 6) is -0.496. The number of methoxy groups -OCH3 is 1. The van der Waals surface area contributed by atoms with Crippen molar-refractivity contribution in [2.24, 2.45) is 0 Å². The van der Waals surface area contributed by atoms with Gasteiger partial charge < -0.3 is 4.74 Å². The SMILES string of the molecule is COc1cccc(CC(=O)c2ccc(Cl)cc2C)c1F. The van der Waals surface area contributed by atoms with Crippen LogP contribution in [0, 0.1) is 12.7 Å². The van der Waals surface area contributed by atoms with E-state index in [1.807, 2.05) is 0 Å². The van der Waals surface area contributed by atoms with Crippen molar-refractivity contribution in [2.45, 2.75) is 13.3 Å². The Labute approximate surface area is 122 Å². The first-order valence-electron chi connectivity index (χ1n) is 6.13. The third kappa shape index (κ3) is 2.99. The summed E-state index contributed by atoms with van der Waals surface area (Å²) in [5, 5.41) is 0.576. The standard InChI is InChI=1S/C16H14ClFO2/c1-10-8-12(17)6-7-13(10)14(19)9-11-4-3-5-15(20-2)16(11)18/h3-8H,9H2,1-2H3. The molecule has 104 valence electrons. The molecule has 0 spiro atoms. The van der Waals surface area contributed by atoms with Crippen LogP contribution in [0.4, 0.5) is 4.39 Å². The van der Waals surface area contributed by atoms with E-state index in [0.29, 0.717) is 16.1 Å². The number of carbonyl (C=O) groups is 1. The summed E-state index contributed by atoms with van der Waals surface area (Å²) in [5.41, 5.74) is 1.66. The minimum absolute atomic E-state index is 0.00843. The van der Waals surface area contributed by atoms with Crippen LogP contribution in [0.3, 0.4) is 0 Å². The van der Waals surface area contributed by atoms with Gasteiger partial charge in [0.15, 0.2) is 17.3 Å². The lowest BCUT2D eigenvalue weighted by atomic mass is 9.99. The van der Waals surface area contributed by atoms with E-state index in [1.165, 1.54) is 13.2 Å². The highest BCUT2D eigenvalue weighted by Crippen LogP contribution is 2.22. The van der Waals surface area contributed by atoms with Gasteiger partial charge in [-0.25, -0.2) is 4.39 Å². The molecule has 0 heterocycles. The molecule has 0 saturated heterocycles. The minimum atomic E-state index is -0.491. The van der Waals surface area contributed by atoms with Crippen molar-refractivity contribution in [2.75, 3.05) is 7.11 Å². The van der Waals surface area contributed by atoms with Gasteiger partial charge in [0.25, 0.3) is 0 Å². The maximum Gasteiger partial charge on any atom is 0.168 e. The van der Waals surface area contributed by atoms with Crippen LogP contribution in [0.25, 0.3) is 0 Å². The lowest BCUT2D eigenvalue weighted by Gasteiger charge is -2.08. The van der Waals surface area contributed by atoms with Gasteiger partial charge in [0.2, 0.25) is 0 Å². The summed E-state index contributed by atoms with van der Waals surface area (Å²) in [6.45, 7) is 1.81. The van der Waals surface area contributed by atoms with Crippen molar-refractivity contribution in [3.05, 3.63) is 63.9 Å². The first-order valence-corrected chi connectivity index (χ1v) is 6.51. The smallest absolute Gasteiger partial charge is 0.168 e. The maximum atomic E-state index is 14.0. The molecule has 0 amide bonds. The van der Waals surface area contributed by atoms with E-state index in [0.717, 1.165) is 5.56 Å². The van der Waals surface area contributed by atoms with Crippen LogP contribution >= 0.6 is 11.6 Å². The average Bonchev–Trinajstić information content (AvgIpc) is 2.41. The number of hydrogen-bond acceptors (Lipinski definition) is 2. The van der Waals surface area contributed by atoms with Crippen molar-refractivity contribution < 1.29 is 13.9 Å². The fraction of sp³-hybridized carbons (Fsp3) is 0.188. The highest BCUT2D eigenvalue weighted by atomic mass is 35.5. The third-order valence-electron chi connectivity index (χ3n) is 3.10. The van der Waals surface area contributed by atoms with Gasteiger partial charge in [0, 0.05) is 17.0 Å². The summed E-state index contributed by atoms with van der Waals surface area (Å²) < 4.78 is 18.9. The van der Waals surface area contributed by atoms with Crippen LogP contribution in [-0.2, 0) is 6.42 Å². The summed E-state index contributed by atoms with van der Waals surface area (Å²) in [4.78, 5) is 12.2.